The molecule has 1 aromatic rings. The second-order valence-corrected chi connectivity index (χ2v) is 8.25. The zero-order valence-corrected chi connectivity index (χ0v) is 17.1. The molecule has 0 aliphatic rings. The highest BCUT2D eigenvalue weighted by molar-refractivity contribution is 8.15. The predicted octanol–water partition coefficient (Wildman–Crippen LogP) is 3.23. The van der Waals surface area contributed by atoms with Gasteiger partial charge in [-0.15, -0.1) is 0 Å². The zero-order chi connectivity index (χ0) is 20.7. The van der Waals surface area contributed by atoms with Crippen LogP contribution < -0.4 is 4.74 Å². The van der Waals surface area contributed by atoms with Crippen LogP contribution in [0.1, 0.15) is 45.0 Å². The molecule has 1 aromatic carbocycles. The van der Waals surface area contributed by atoms with Crippen molar-refractivity contribution in [1.29, 1.82) is 0 Å². The van der Waals surface area contributed by atoms with Crippen LogP contribution >= 0.6 is 11.8 Å². The SMILES string of the molecule is CCOC(=O)C(C)(C)SC(=O)OCCOc1ccc(C(=O)C(C)(C)O)cc1. The molecule has 0 heterocycles. The van der Waals surface area contributed by atoms with E-state index in [1.54, 1.807) is 45.0 Å². The Balaban J connectivity index is 2.41. The molecule has 1 N–H and O–H groups in total. The summed E-state index contributed by atoms with van der Waals surface area (Å²) in [5, 5.41) is 9.12. The maximum Gasteiger partial charge on any atom is 0.368 e. The number of carbonyl (C=O) groups excluding carboxylic acids is 3. The molecule has 0 amide bonds. The number of hydrogen-bond acceptors (Lipinski definition) is 8. The van der Waals surface area contributed by atoms with E-state index in [-0.39, 0.29) is 25.6 Å². The van der Waals surface area contributed by atoms with Gasteiger partial charge in [0.1, 0.15) is 29.3 Å². The first-order valence-corrected chi connectivity index (χ1v) is 9.32. The number of carbonyl (C=O) groups is 3. The lowest BCUT2D eigenvalue weighted by Crippen LogP contribution is -2.31. The quantitative estimate of drug-likeness (QED) is 0.384. The van der Waals surface area contributed by atoms with Crippen LogP contribution in [0.3, 0.4) is 0 Å². The predicted molar refractivity (Wildman–Crippen MR) is 102 cm³/mol. The molecule has 7 nitrogen and oxygen atoms in total. The van der Waals surface area contributed by atoms with Crippen molar-refractivity contribution < 1.29 is 33.7 Å². The van der Waals surface area contributed by atoms with Gasteiger partial charge >= 0.3 is 11.3 Å². The third-order valence-corrected chi connectivity index (χ3v) is 4.31. The number of ether oxygens (including phenoxy) is 3. The fourth-order valence-corrected chi connectivity index (χ4v) is 2.63. The highest BCUT2D eigenvalue weighted by Gasteiger charge is 2.33. The van der Waals surface area contributed by atoms with Crippen molar-refractivity contribution in [1.82, 2.24) is 0 Å². The Hall–Kier alpha value is -2.06. The minimum atomic E-state index is -1.44. The summed E-state index contributed by atoms with van der Waals surface area (Å²) < 4.78 is 14.4. The van der Waals surface area contributed by atoms with E-state index < -0.39 is 21.6 Å². The van der Waals surface area contributed by atoms with Gasteiger partial charge in [0.2, 0.25) is 0 Å². The minimum absolute atomic E-state index is 0.00902. The number of aliphatic hydroxyl groups is 1. The summed E-state index contributed by atoms with van der Waals surface area (Å²) in [5.74, 6) is -0.369. The van der Waals surface area contributed by atoms with Gasteiger partial charge in [-0.25, -0.2) is 4.79 Å². The molecule has 0 fully saturated rings. The third-order valence-electron chi connectivity index (χ3n) is 3.35. The highest BCUT2D eigenvalue weighted by Crippen LogP contribution is 2.27. The van der Waals surface area contributed by atoms with Crippen LogP contribution in [0.4, 0.5) is 4.79 Å². The van der Waals surface area contributed by atoms with Crippen LogP contribution in [0.15, 0.2) is 24.3 Å². The first-order valence-electron chi connectivity index (χ1n) is 8.50. The van der Waals surface area contributed by atoms with Crippen LogP contribution in [-0.2, 0) is 14.3 Å². The third kappa shape index (κ3) is 7.60. The van der Waals surface area contributed by atoms with E-state index in [4.69, 9.17) is 14.2 Å². The molecule has 8 heteroatoms. The standard InChI is InChI=1S/C19H26O7S/c1-6-24-16(21)19(4,5)27-17(22)26-12-11-25-14-9-7-13(8-10-14)15(20)18(2,3)23/h7-10,23H,6,11-12H2,1-5H3. The van der Waals surface area contributed by atoms with Gasteiger partial charge in [0.25, 0.3) is 0 Å². The number of hydrogen-bond donors (Lipinski definition) is 1. The van der Waals surface area contributed by atoms with E-state index in [0.29, 0.717) is 11.3 Å². The molecule has 150 valence electrons. The molecule has 0 unspecified atom stereocenters. The van der Waals surface area contributed by atoms with E-state index in [1.807, 2.05) is 0 Å². The molecule has 0 spiro atoms. The van der Waals surface area contributed by atoms with Crippen LogP contribution in [0, 0.1) is 0 Å². The summed E-state index contributed by atoms with van der Waals surface area (Å²) in [4.78, 5) is 35.5. The van der Waals surface area contributed by atoms with E-state index in [2.05, 4.69) is 0 Å². The summed E-state index contributed by atoms with van der Waals surface area (Å²) in [6, 6.07) is 6.30. The van der Waals surface area contributed by atoms with Crippen LogP contribution in [0.25, 0.3) is 0 Å². The van der Waals surface area contributed by atoms with Crippen molar-refractivity contribution in [3.63, 3.8) is 0 Å². The summed E-state index contributed by atoms with van der Waals surface area (Å²) >= 11 is 0.751. The molecule has 0 saturated heterocycles. The van der Waals surface area contributed by atoms with E-state index in [1.165, 1.54) is 13.8 Å². The number of rotatable bonds is 9. The van der Waals surface area contributed by atoms with Gasteiger partial charge < -0.3 is 19.3 Å². The van der Waals surface area contributed by atoms with Crippen molar-refractivity contribution in [2.45, 2.75) is 45.0 Å². The lowest BCUT2D eigenvalue weighted by Gasteiger charge is -2.20. The topological polar surface area (TPSA) is 99.1 Å². The number of ketones is 1. The molecule has 0 aliphatic carbocycles. The average molecular weight is 398 g/mol. The molecule has 0 bridgehead atoms. The van der Waals surface area contributed by atoms with Crippen molar-refractivity contribution >= 4 is 28.8 Å². The number of Topliss-reactive ketones (excluding diaryl/α,β-unsaturated/α-hetero) is 1. The highest BCUT2D eigenvalue weighted by atomic mass is 32.2. The van der Waals surface area contributed by atoms with Crippen LogP contribution in [0.5, 0.6) is 5.75 Å². The molecule has 1 rings (SSSR count). The van der Waals surface area contributed by atoms with E-state index in [9.17, 15) is 19.5 Å². The van der Waals surface area contributed by atoms with E-state index >= 15 is 0 Å². The Morgan fingerprint density at radius 2 is 1.59 bits per heavy atom. The van der Waals surface area contributed by atoms with Gasteiger partial charge in [-0.05, 0) is 70.6 Å². The maximum atomic E-state index is 11.9. The smallest absolute Gasteiger partial charge is 0.368 e. The Morgan fingerprint density at radius 1 is 1.00 bits per heavy atom. The fourth-order valence-electron chi connectivity index (χ4n) is 1.92. The number of benzene rings is 1. The molecule has 0 radical (unpaired) electrons. The molecule has 0 saturated carbocycles. The summed E-state index contributed by atoms with van der Waals surface area (Å²) in [6.45, 7) is 8.09. The Bertz CT molecular complexity index is 660. The number of thioether (sulfide) groups is 1. The van der Waals surface area contributed by atoms with Gasteiger partial charge in [0, 0.05) is 5.56 Å². The monoisotopic (exact) mass is 398 g/mol. The van der Waals surface area contributed by atoms with Crippen molar-refractivity contribution in [2.24, 2.45) is 0 Å². The van der Waals surface area contributed by atoms with Gasteiger partial charge in [-0.1, -0.05) is 0 Å². The molecular formula is C19H26O7S. The van der Waals surface area contributed by atoms with Gasteiger partial charge in [-0.3, -0.25) is 9.59 Å². The molecule has 27 heavy (non-hydrogen) atoms. The minimum Gasteiger partial charge on any atom is -0.490 e. The fraction of sp³-hybridized carbons (Fsp3) is 0.526. The number of esters is 1. The molecule has 0 atom stereocenters. The molecular weight excluding hydrogens is 372 g/mol. The van der Waals surface area contributed by atoms with Gasteiger partial charge in [0.05, 0.1) is 6.61 Å². The lowest BCUT2D eigenvalue weighted by atomic mass is 9.97. The Labute approximate surface area is 163 Å². The summed E-state index contributed by atoms with van der Waals surface area (Å²) in [5.41, 5.74) is -1.06. The molecule has 0 aromatic heterocycles. The largest absolute Gasteiger partial charge is 0.490 e. The maximum absolute atomic E-state index is 11.9. The first-order chi connectivity index (χ1) is 12.5. The van der Waals surface area contributed by atoms with Crippen LogP contribution in [0.2, 0.25) is 0 Å². The Morgan fingerprint density at radius 3 is 2.11 bits per heavy atom. The van der Waals surface area contributed by atoms with Gasteiger partial charge in [-0.2, -0.15) is 0 Å². The Kier molecular flexibility index (Phi) is 8.30. The average Bonchev–Trinajstić information content (AvgIpc) is 2.57. The first kappa shape index (κ1) is 23.0. The van der Waals surface area contributed by atoms with Gasteiger partial charge in [0.15, 0.2) is 5.78 Å². The lowest BCUT2D eigenvalue weighted by molar-refractivity contribution is -0.145. The van der Waals surface area contributed by atoms with Crippen LogP contribution in [-0.4, -0.2) is 52.3 Å². The van der Waals surface area contributed by atoms with Crippen molar-refractivity contribution in [3.05, 3.63) is 29.8 Å². The summed E-state index contributed by atoms with van der Waals surface area (Å²) in [6.07, 6.45) is 0. The van der Waals surface area contributed by atoms with Crippen molar-refractivity contribution in [3.8, 4) is 5.75 Å². The zero-order valence-electron chi connectivity index (χ0n) is 16.2. The normalized spacial score (nSPS) is 11.6. The second-order valence-electron chi connectivity index (χ2n) is 6.69. The van der Waals surface area contributed by atoms with Crippen molar-refractivity contribution in [2.75, 3.05) is 19.8 Å². The summed E-state index contributed by atoms with van der Waals surface area (Å²) in [7, 11) is 0. The molecule has 0 aliphatic heterocycles. The second kappa shape index (κ2) is 9.75. The van der Waals surface area contributed by atoms with E-state index in [0.717, 1.165) is 11.8 Å².